The van der Waals surface area contributed by atoms with Crippen LogP contribution in [0.4, 0.5) is 18.9 Å². The van der Waals surface area contributed by atoms with E-state index in [4.69, 9.17) is 0 Å². The molecule has 0 radical (unpaired) electrons. The van der Waals surface area contributed by atoms with Crippen molar-refractivity contribution in [3.8, 4) is 0 Å². The molecule has 0 saturated carbocycles. The number of fused-ring (bicyclic) bond motifs is 1. The first-order chi connectivity index (χ1) is 11.9. The maximum atomic E-state index is 13.2. The number of amides is 1. The summed E-state index contributed by atoms with van der Waals surface area (Å²) in [5, 5.41) is 3.09. The van der Waals surface area contributed by atoms with Crippen molar-refractivity contribution in [1.82, 2.24) is 4.98 Å². The first-order valence-corrected chi connectivity index (χ1v) is 7.49. The molecule has 0 aliphatic heterocycles. The highest BCUT2D eigenvalue weighted by molar-refractivity contribution is 5.90. The Hall–Kier alpha value is -3.09. The minimum atomic E-state index is -1.06. The van der Waals surface area contributed by atoms with Gasteiger partial charge in [-0.05, 0) is 48.2 Å². The lowest BCUT2D eigenvalue weighted by Gasteiger charge is -2.06. The number of pyridine rings is 1. The van der Waals surface area contributed by atoms with E-state index < -0.39 is 28.9 Å². The number of benzene rings is 2. The van der Waals surface area contributed by atoms with Crippen molar-refractivity contribution in [3.63, 3.8) is 0 Å². The van der Waals surface area contributed by atoms with E-state index in [1.807, 2.05) is 0 Å². The molecule has 128 valence electrons. The van der Waals surface area contributed by atoms with Crippen LogP contribution in [0, 0.1) is 17.5 Å². The van der Waals surface area contributed by atoms with Crippen molar-refractivity contribution in [1.29, 1.82) is 0 Å². The largest absolute Gasteiger partial charge is 0.326 e. The van der Waals surface area contributed by atoms with Gasteiger partial charge in [0.2, 0.25) is 5.91 Å². The fraction of sp³-hybridized carbons (Fsp3) is 0.111. The van der Waals surface area contributed by atoms with Crippen molar-refractivity contribution in [2.75, 3.05) is 5.32 Å². The van der Waals surface area contributed by atoms with Crippen LogP contribution in [0.2, 0.25) is 0 Å². The number of nitrogens with one attached hydrogen (secondary N) is 2. The Morgan fingerprint density at radius 3 is 2.56 bits per heavy atom. The molecule has 3 rings (SSSR count). The minimum Gasteiger partial charge on any atom is -0.326 e. The van der Waals surface area contributed by atoms with Gasteiger partial charge in [-0.15, -0.1) is 0 Å². The molecular weight excluding hydrogens is 333 g/mol. The molecule has 1 heterocycles. The second-order valence-electron chi connectivity index (χ2n) is 5.53. The van der Waals surface area contributed by atoms with Gasteiger partial charge < -0.3 is 10.3 Å². The van der Waals surface area contributed by atoms with Crippen LogP contribution in [-0.2, 0) is 11.2 Å². The Morgan fingerprint density at radius 2 is 1.80 bits per heavy atom. The Kier molecular flexibility index (Phi) is 4.56. The molecular formula is C18H13F3N2O2. The zero-order chi connectivity index (χ0) is 18.0. The van der Waals surface area contributed by atoms with Gasteiger partial charge in [0.1, 0.15) is 5.82 Å². The third-order valence-electron chi connectivity index (χ3n) is 3.71. The molecule has 0 saturated heterocycles. The smallest absolute Gasteiger partial charge is 0.251 e. The minimum absolute atomic E-state index is 0.0191. The number of aromatic nitrogens is 1. The maximum Gasteiger partial charge on any atom is 0.251 e. The highest BCUT2D eigenvalue weighted by Crippen LogP contribution is 2.15. The summed E-state index contributed by atoms with van der Waals surface area (Å²) in [5.41, 5.74) is 0.477. The van der Waals surface area contributed by atoms with E-state index in [0.29, 0.717) is 16.5 Å². The summed E-state index contributed by atoms with van der Waals surface area (Å²) < 4.78 is 39.1. The van der Waals surface area contributed by atoms with Crippen LogP contribution >= 0.6 is 0 Å². The van der Waals surface area contributed by atoms with Gasteiger partial charge in [-0.2, -0.15) is 0 Å². The molecule has 1 amide bonds. The average Bonchev–Trinajstić information content (AvgIpc) is 2.56. The molecule has 0 fully saturated rings. The third-order valence-corrected chi connectivity index (χ3v) is 3.71. The Labute approximate surface area is 140 Å². The number of carbonyl (C=O) groups excluding carboxylic acids is 1. The quantitative estimate of drug-likeness (QED) is 0.759. The number of H-pyrrole nitrogens is 1. The number of hydrogen-bond acceptors (Lipinski definition) is 2. The molecule has 0 bridgehead atoms. The molecule has 25 heavy (non-hydrogen) atoms. The summed E-state index contributed by atoms with van der Waals surface area (Å²) >= 11 is 0. The zero-order valence-electron chi connectivity index (χ0n) is 12.9. The average molecular weight is 346 g/mol. The molecule has 0 aliphatic carbocycles. The summed E-state index contributed by atoms with van der Waals surface area (Å²) in [7, 11) is 0. The predicted molar refractivity (Wildman–Crippen MR) is 87.8 cm³/mol. The number of hydrogen-bond donors (Lipinski definition) is 2. The third kappa shape index (κ3) is 3.88. The number of aromatic amines is 1. The SMILES string of the molecule is O=C(CCc1cc2ccc(F)cc2[nH]c1=O)Nc1ccc(F)c(F)c1. The Morgan fingerprint density at radius 1 is 1.00 bits per heavy atom. The summed E-state index contributed by atoms with van der Waals surface area (Å²) in [6.07, 6.45) is 0.132. The van der Waals surface area contributed by atoms with Crippen LogP contribution in [0.5, 0.6) is 0 Å². The van der Waals surface area contributed by atoms with Crippen LogP contribution in [0.1, 0.15) is 12.0 Å². The maximum absolute atomic E-state index is 13.2. The highest BCUT2D eigenvalue weighted by Gasteiger charge is 2.09. The molecule has 0 unspecified atom stereocenters. The van der Waals surface area contributed by atoms with Crippen molar-refractivity contribution in [3.05, 3.63) is 75.8 Å². The molecule has 2 N–H and O–H groups in total. The van der Waals surface area contributed by atoms with Crippen molar-refractivity contribution in [2.24, 2.45) is 0 Å². The number of anilines is 1. The topological polar surface area (TPSA) is 62.0 Å². The summed E-state index contributed by atoms with van der Waals surface area (Å²) in [4.78, 5) is 26.5. The van der Waals surface area contributed by atoms with Gasteiger partial charge in [-0.3, -0.25) is 9.59 Å². The van der Waals surface area contributed by atoms with Gasteiger partial charge in [0.25, 0.3) is 5.56 Å². The van der Waals surface area contributed by atoms with Gasteiger partial charge in [0.15, 0.2) is 11.6 Å². The number of carbonyl (C=O) groups is 1. The summed E-state index contributed by atoms with van der Waals surface area (Å²) in [6.45, 7) is 0. The Bertz CT molecular complexity index is 1010. The fourth-order valence-electron chi connectivity index (χ4n) is 2.45. The standard InChI is InChI=1S/C18H13F3N2O2/c19-12-3-1-10-7-11(18(25)23-16(10)8-12)2-6-17(24)22-13-4-5-14(20)15(21)9-13/h1,3-5,7-9H,2,6H2,(H,22,24)(H,23,25). The van der Waals surface area contributed by atoms with Crippen LogP contribution < -0.4 is 10.9 Å². The van der Waals surface area contributed by atoms with Crippen LogP contribution in [0.15, 0.2) is 47.3 Å². The first kappa shape index (κ1) is 16.8. The monoisotopic (exact) mass is 346 g/mol. The lowest BCUT2D eigenvalue weighted by Crippen LogP contribution is -2.17. The van der Waals surface area contributed by atoms with Gasteiger partial charge in [-0.1, -0.05) is 0 Å². The second-order valence-corrected chi connectivity index (χ2v) is 5.53. The van der Waals surface area contributed by atoms with Gasteiger partial charge in [-0.25, -0.2) is 13.2 Å². The second kappa shape index (κ2) is 6.80. The lowest BCUT2D eigenvalue weighted by atomic mass is 10.1. The molecule has 4 nitrogen and oxygen atoms in total. The van der Waals surface area contributed by atoms with Gasteiger partial charge in [0, 0.05) is 23.7 Å². The highest BCUT2D eigenvalue weighted by atomic mass is 19.2. The molecule has 0 aliphatic rings. The van der Waals surface area contributed by atoms with Crippen LogP contribution in [0.25, 0.3) is 10.9 Å². The molecule has 3 aromatic rings. The van der Waals surface area contributed by atoms with Gasteiger partial charge >= 0.3 is 0 Å². The number of aryl methyl sites for hydroxylation is 1. The molecule has 2 aromatic carbocycles. The fourth-order valence-corrected chi connectivity index (χ4v) is 2.45. The normalized spacial score (nSPS) is 10.8. The predicted octanol–water partition coefficient (Wildman–Crippen LogP) is 3.52. The van der Waals surface area contributed by atoms with Crippen molar-refractivity contribution >= 4 is 22.5 Å². The van der Waals surface area contributed by atoms with Gasteiger partial charge in [0.05, 0.1) is 5.52 Å². The van der Waals surface area contributed by atoms with E-state index in [2.05, 4.69) is 10.3 Å². The lowest BCUT2D eigenvalue weighted by molar-refractivity contribution is -0.116. The van der Waals surface area contributed by atoms with E-state index in [1.54, 1.807) is 6.07 Å². The summed E-state index contributed by atoms with van der Waals surface area (Å²) in [5.74, 6) is -2.96. The van der Waals surface area contributed by atoms with Crippen LogP contribution in [-0.4, -0.2) is 10.9 Å². The molecule has 0 spiro atoms. The molecule has 1 aromatic heterocycles. The molecule has 7 heteroatoms. The van der Waals surface area contributed by atoms with Crippen molar-refractivity contribution < 1.29 is 18.0 Å². The number of rotatable bonds is 4. The summed E-state index contributed by atoms with van der Waals surface area (Å²) in [6, 6.07) is 8.66. The van der Waals surface area contributed by atoms with E-state index in [9.17, 15) is 22.8 Å². The van der Waals surface area contributed by atoms with Crippen LogP contribution in [0.3, 0.4) is 0 Å². The zero-order valence-corrected chi connectivity index (χ0v) is 12.9. The Balaban J connectivity index is 1.70. The van der Waals surface area contributed by atoms with E-state index in [1.165, 1.54) is 24.3 Å². The van der Waals surface area contributed by atoms with E-state index in [-0.39, 0.29) is 18.5 Å². The molecule has 0 atom stereocenters. The first-order valence-electron chi connectivity index (χ1n) is 7.49. The van der Waals surface area contributed by atoms with E-state index >= 15 is 0 Å². The number of halogens is 3. The van der Waals surface area contributed by atoms with E-state index in [0.717, 1.165) is 12.1 Å². The van der Waals surface area contributed by atoms with Crippen molar-refractivity contribution in [2.45, 2.75) is 12.8 Å².